The lowest BCUT2D eigenvalue weighted by Gasteiger charge is -2.28. The van der Waals surface area contributed by atoms with Gasteiger partial charge in [-0.1, -0.05) is 0 Å². The predicted molar refractivity (Wildman–Crippen MR) is 113 cm³/mol. The van der Waals surface area contributed by atoms with Gasteiger partial charge in [-0.05, 0) is 148 Å². The van der Waals surface area contributed by atoms with Gasteiger partial charge in [-0.2, -0.15) is 0 Å². The Kier molecular flexibility index (Phi) is 5.73. The third-order valence-electron chi connectivity index (χ3n) is 6.92. The van der Waals surface area contributed by atoms with Crippen LogP contribution in [-0.2, 0) is 4.79 Å². The minimum Gasteiger partial charge on any atom is -0.280 e. The zero-order valence-corrected chi connectivity index (χ0v) is 18.6. The number of hydrogen-bond acceptors (Lipinski definition) is 1. The van der Waals surface area contributed by atoms with Gasteiger partial charge in [0.25, 0.3) is 0 Å². The number of halogens is 1. The van der Waals surface area contributed by atoms with Gasteiger partial charge in [0, 0.05) is 0 Å². The zero-order valence-electron chi connectivity index (χ0n) is 17.9. The van der Waals surface area contributed by atoms with E-state index in [2.05, 4.69) is 69.2 Å². The molecule has 26 heavy (non-hydrogen) atoms. The summed E-state index contributed by atoms with van der Waals surface area (Å²) in [7, 11) is 0. The van der Waals surface area contributed by atoms with Crippen molar-refractivity contribution in [2.24, 2.45) is 0 Å². The summed E-state index contributed by atoms with van der Waals surface area (Å²) in [6.45, 7) is 21.4. The van der Waals surface area contributed by atoms with Gasteiger partial charge >= 0.3 is 0 Å². The van der Waals surface area contributed by atoms with E-state index < -0.39 is 5.92 Å². The second-order valence-corrected chi connectivity index (χ2v) is 8.19. The molecule has 0 heterocycles. The van der Waals surface area contributed by atoms with Gasteiger partial charge in [0.1, 0.15) is 0 Å². The average Bonchev–Trinajstić information content (AvgIpc) is 2.60. The summed E-state index contributed by atoms with van der Waals surface area (Å²) >= 11 is 6.25. The van der Waals surface area contributed by atoms with Crippen LogP contribution in [0.3, 0.4) is 0 Å². The van der Waals surface area contributed by atoms with Crippen LogP contribution in [0.25, 0.3) is 0 Å². The molecule has 1 nitrogen and oxygen atoms in total. The van der Waals surface area contributed by atoms with Crippen LogP contribution in [0, 0.1) is 69.2 Å². The lowest BCUT2D eigenvalue weighted by atomic mass is 9.76. The van der Waals surface area contributed by atoms with Crippen LogP contribution in [0.15, 0.2) is 0 Å². The monoisotopic (exact) mass is 370 g/mol. The highest BCUT2D eigenvalue weighted by atomic mass is 35.5. The average molecular weight is 371 g/mol. The second-order valence-electron chi connectivity index (χ2n) is 7.81. The molecule has 140 valence electrons. The fourth-order valence-electron chi connectivity index (χ4n) is 4.30. The number of carbonyl (C=O) groups excluding carboxylic acids is 1. The van der Waals surface area contributed by atoms with Crippen molar-refractivity contribution in [3.05, 3.63) is 66.8 Å². The van der Waals surface area contributed by atoms with Crippen LogP contribution in [0.5, 0.6) is 0 Å². The molecule has 0 aliphatic carbocycles. The fraction of sp³-hybridized carbons (Fsp3) is 0.458. The molecule has 2 aromatic rings. The quantitative estimate of drug-likeness (QED) is 0.551. The van der Waals surface area contributed by atoms with E-state index in [4.69, 9.17) is 11.6 Å². The maximum absolute atomic E-state index is 12.7. The van der Waals surface area contributed by atoms with E-state index in [0.717, 1.165) is 11.1 Å². The third-order valence-corrected chi connectivity index (χ3v) is 7.14. The first kappa shape index (κ1) is 20.7. The molecule has 2 aromatic carbocycles. The molecule has 0 atom stereocenters. The van der Waals surface area contributed by atoms with Gasteiger partial charge in [0.15, 0.2) is 0 Å². The van der Waals surface area contributed by atoms with E-state index in [9.17, 15) is 4.79 Å². The lowest BCUT2D eigenvalue weighted by Crippen LogP contribution is -2.18. The predicted octanol–water partition coefficient (Wildman–Crippen LogP) is 6.67. The highest BCUT2D eigenvalue weighted by Gasteiger charge is 2.30. The SMILES string of the molecule is Cc1c(C)c(C)c(C(C(=O)Cl)c2c(C)c(C)c(C)c(C)c2C)c(C)c1C. The molecule has 0 fully saturated rings. The maximum atomic E-state index is 12.7. The lowest BCUT2D eigenvalue weighted by molar-refractivity contribution is -0.112. The first-order chi connectivity index (χ1) is 11.9. The van der Waals surface area contributed by atoms with Gasteiger partial charge in [0.05, 0.1) is 5.92 Å². The van der Waals surface area contributed by atoms with Crippen LogP contribution in [0.2, 0.25) is 0 Å². The van der Waals surface area contributed by atoms with Crippen molar-refractivity contribution >= 4 is 16.8 Å². The molecule has 0 saturated heterocycles. The Morgan fingerprint density at radius 3 is 0.885 bits per heavy atom. The normalized spacial score (nSPS) is 11.4. The first-order valence-corrected chi connectivity index (χ1v) is 9.64. The summed E-state index contributed by atoms with van der Waals surface area (Å²) in [4.78, 5) is 12.7. The molecule has 2 heteroatoms. The standard InChI is InChI=1S/C24H31ClO/c1-11-13(3)17(7)21(18(8)14(11)4)23(24(25)26)22-19(9)15(5)12(2)16(6)20(22)10/h23H,1-10H3. The van der Waals surface area contributed by atoms with E-state index in [1.165, 1.54) is 55.6 Å². The molecule has 0 radical (unpaired) electrons. The molecule has 0 unspecified atom stereocenters. The summed E-state index contributed by atoms with van der Waals surface area (Å²) < 4.78 is 0. The summed E-state index contributed by atoms with van der Waals surface area (Å²) in [5.74, 6) is -0.423. The molecule has 0 bridgehead atoms. The number of carbonyl (C=O) groups is 1. The van der Waals surface area contributed by atoms with Gasteiger partial charge in [-0.15, -0.1) is 0 Å². The largest absolute Gasteiger partial charge is 0.280 e. The molecular formula is C24H31ClO. The van der Waals surface area contributed by atoms with E-state index in [1.807, 2.05) is 0 Å². The van der Waals surface area contributed by atoms with Gasteiger partial charge in [-0.3, -0.25) is 4.79 Å². The summed E-state index contributed by atoms with van der Waals surface area (Å²) in [5.41, 5.74) is 14.5. The third kappa shape index (κ3) is 3.01. The number of rotatable bonds is 3. The van der Waals surface area contributed by atoms with Crippen molar-refractivity contribution < 1.29 is 4.79 Å². The molecule has 0 spiro atoms. The van der Waals surface area contributed by atoms with Crippen LogP contribution in [-0.4, -0.2) is 5.24 Å². The minimum atomic E-state index is -0.423. The van der Waals surface area contributed by atoms with Gasteiger partial charge < -0.3 is 0 Å². The molecule has 0 aromatic heterocycles. The van der Waals surface area contributed by atoms with E-state index >= 15 is 0 Å². The molecule has 0 amide bonds. The Labute approximate surface area is 163 Å². The Hall–Kier alpha value is -1.60. The van der Waals surface area contributed by atoms with E-state index in [1.54, 1.807) is 0 Å². The highest BCUT2D eigenvalue weighted by molar-refractivity contribution is 6.65. The second kappa shape index (κ2) is 7.19. The molecule has 0 N–H and O–H groups in total. The van der Waals surface area contributed by atoms with Gasteiger partial charge in [-0.25, -0.2) is 0 Å². The molecule has 0 aliphatic rings. The number of hydrogen-bond donors (Lipinski definition) is 0. The smallest absolute Gasteiger partial charge is 0.233 e. The molecule has 0 saturated carbocycles. The minimum absolute atomic E-state index is 0.298. The topological polar surface area (TPSA) is 17.1 Å². The molecular weight excluding hydrogens is 340 g/mol. The fourth-order valence-corrected chi connectivity index (χ4v) is 4.51. The van der Waals surface area contributed by atoms with Crippen molar-refractivity contribution in [2.45, 2.75) is 75.2 Å². The summed E-state index contributed by atoms with van der Waals surface area (Å²) in [6, 6.07) is 0. The van der Waals surface area contributed by atoms with Crippen molar-refractivity contribution in [1.82, 2.24) is 0 Å². The Morgan fingerprint density at radius 2 is 0.692 bits per heavy atom. The maximum Gasteiger partial charge on any atom is 0.233 e. The molecule has 2 rings (SSSR count). The van der Waals surface area contributed by atoms with Crippen LogP contribution in [0.1, 0.15) is 72.7 Å². The number of benzene rings is 2. The first-order valence-electron chi connectivity index (χ1n) is 9.26. The van der Waals surface area contributed by atoms with Crippen molar-refractivity contribution in [3.8, 4) is 0 Å². The summed E-state index contributed by atoms with van der Waals surface area (Å²) in [6.07, 6.45) is 0. The van der Waals surface area contributed by atoms with Crippen LogP contribution >= 0.6 is 11.6 Å². The van der Waals surface area contributed by atoms with Crippen molar-refractivity contribution in [2.75, 3.05) is 0 Å². The van der Waals surface area contributed by atoms with E-state index in [-0.39, 0.29) is 5.24 Å². The Morgan fingerprint density at radius 1 is 0.500 bits per heavy atom. The Bertz CT molecular complexity index is 791. The van der Waals surface area contributed by atoms with Crippen molar-refractivity contribution in [1.29, 1.82) is 0 Å². The van der Waals surface area contributed by atoms with Crippen molar-refractivity contribution in [3.63, 3.8) is 0 Å². The Balaban J connectivity index is 2.99. The highest BCUT2D eigenvalue weighted by Crippen LogP contribution is 2.41. The van der Waals surface area contributed by atoms with Crippen LogP contribution in [0.4, 0.5) is 0 Å². The van der Waals surface area contributed by atoms with E-state index in [0.29, 0.717) is 0 Å². The zero-order chi connectivity index (χ0) is 20.1. The van der Waals surface area contributed by atoms with Crippen LogP contribution < -0.4 is 0 Å². The van der Waals surface area contributed by atoms with Gasteiger partial charge in [0.2, 0.25) is 5.24 Å². The molecule has 0 aliphatic heterocycles. The summed E-state index contributed by atoms with van der Waals surface area (Å²) in [5, 5.41) is -0.298.